The number of hydrogen-bond donors (Lipinski definition) is 3. The van der Waals surface area contributed by atoms with Crippen LogP contribution in [0.1, 0.15) is 37.3 Å². The summed E-state index contributed by atoms with van der Waals surface area (Å²) < 4.78 is 0. The first-order valence-electron chi connectivity index (χ1n) is 5.65. The molecule has 1 aromatic carbocycles. The minimum Gasteiger partial charge on any atom is -0.508 e. The molecule has 0 aromatic heterocycles. The van der Waals surface area contributed by atoms with E-state index < -0.39 is 6.10 Å². The quantitative estimate of drug-likeness (QED) is 0.730. The molecule has 0 aliphatic carbocycles. The SMILES string of the molecule is Cc1cc(O)ccc1C(C)CC(O)C(C)N. The Kier molecular flexibility index (Phi) is 4.33. The van der Waals surface area contributed by atoms with Gasteiger partial charge < -0.3 is 15.9 Å². The fraction of sp³-hybridized carbons (Fsp3) is 0.538. The van der Waals surface area contributed by atoms with E-state index >= 15 is 0 Å². The molecule has 0 heterocycles. The van der Waals surface area contributed by atoms with Crippen molar-refractivity contribution in [3.05, 3.63) is 29.3 Å². The summed E-state index contributed by atoms with van der Waals surface area (Å²) in [5.74, 6) is 0.516. The van der Waals surface area contributed by atoms with Gasteiger partial charge in [-0.1, -0.05) is 13.0 Å². The predicted molar refractivity (Wildman–Crippen MR) is 65.5 cm³/mol. The molecule has 4 N–H and O–H groups in total. The molecule has 3 heteroatoms. The summed E-state index contributed by atoms with van der Waals surface area (Å²) in [4.78, 5) is 0. The molecule has 0 amide bonds. The lowest BCUT2D eigenvalue weighted by molar-refractivity contribution is 0.134. The first-order valence-corrected chi connectivity index (χ1v) is 5.65. The van der Waals surface area contributed by atoms with Gasteiger partial charge in [0.15, 0.2) is 0 Å². The fourth-order valence-electron chi connectivity index (χ4n) is 1.92. The van der Waals surface area contributed by atoms with Gasteiger partial charge in [0.2, 0.25) is 0 Å². The van der Waals surface area contributed by atoms with Crippen LogP contribution in [0.25, 0.3) is 0 Å². The molecule has 0 aliphatic heterocycles. The molecule has 1 rings (SSSR count). The molecule has 0 radical (unpaired) electrons. The molecule has 3 unspecified atom stereocenters. The van der Waals surface area contributed by atoms with Crippen molar-refractivity contribution >= 4 is 0 Å². The molecule has 3 atom stereocenters. The lowest BCUT2D eigenvalue weighted by Crippen LogP contribution is -2.32. The molecule has 0 aliphatic rings. The normalized spacial score (nSPS) is 16.8. The van der Waals surface area contributed by atoms with E-state index in [9.17, 15) is 10.2 Å². The largest absolute Gasteiger partial charge is 0.508 e. The van der Waals surface area contributed by atoms with Gasteiger partial charge in [0.25, 0.3) is 0 Å². The molecule has 0 saturated carbocycles. The summed E-state index contributed by atoms with van der Waals surface area (Å²) in [6, 6.07) is 5.12. The third-order valence-corrected chi connectivity index (χ3v) is 2.99. The van der Waals surface area contributed by atoms with Crippen LogP contribution >= 0.6 is 0 Å². The molecule has 0 spiro atoms. The van der Waals surface area contributed by atoms with Crippen LogP contribution in [0.3, 0.4) is 0 Å². The molecule has 0 bridgehead atoms. The van der Waals surface area contributed by atoms with E-state index in [-0.39, 0.29) is 17.7 Å². The summed E-state index contributed by atoms with van der Waals surface area (Å²) in [7, 11) is 0. The lowest BCUT2D eigenvalue weighted by atomic mass is 9.90. The van der Waals surface area contributed by atoms with Crippen molar-refractivity contribution in [1.29, 1.82) is 0 Å². The van der Waals surface area contributed by atoms with Gasteiger partial charge in [0, 0.05) is 6.04 Å². The highest BCUT2D eigenvalue weighted by atomic mass is 16.3. The Balaban J connectivity index is 2.76. The number of benzene rings is 1. The molecule has 16 heavy (non-hydrogen) atoms. The van der Waals surface area contributed by atoms with Gasteiger partial charge in [-0.3, -0.25) is 0 Å². The van der Waals surface area contributed by atoms with Crippen LogP contribution < -0.4 is 5.73 Å². The maximum absolute atomic E-state index is 9.73. The molecular weight excluding hydrogens is 202 g/mol. The number of phenolic OH excluding ortho intramolecular Hbond substituents is 1. The van der Waals surface area contributed by atoms with Crippen molar-refractivity contribution in [2.75, 3.05) is 0 Å². The predicted octanol–water partition coefficient (Wildman–Crippen LogP) is 1.90. The lowest BCUT2D eigenvalue weighted by Gasteiger charge is -2.21. The maximum atomic E-state index is 9.73. The number of aliphatic hydroxyl groups excluding tert-OH is 1. The van der Waals surface area contributed by atoms with Gasteiger partial charge in [-0.25, -0.2) is 0 Å². The fourth-order valence-corrected chi connectivity index (χ4v) is 1.92. The van der Waals surface area contributed by atoms with Gasteiger partial charge in [0.05, 0.1) is 6.10 Å². The van der Waals surface area contributed by atoms with Crippen molar-refractivity contribution in [2.24, 2.45) is 5.73 Å². The highest BCUT2D eigenvalue weighted by Gasteiger charge is 2.16. The summed E-state index contributed by atoms with van der Waals surface area (Å²) in [5, 5.41) is 19.0. The smallest absolute Gasteiger partial charge is 0.115 e. The zero-order chi connectivity index (χ0) is 12.3. The average molecular weight is 223 g/mol. The zero-order valence-corrected chi connectivity index (χ0v) is 10.1. The van der Waals surface area contributed by atoms with Gasteiger partial charge in [-0.15, -0.1) is 0 Å². The van der Waals surface area contributed by atoms with Gasteiger partial charge in [-0.05, 0) is 49.4 Å². The highest BCUT2D eigenvalue weighted by Crippen LogP contribution is 2.26. The van der Waals surface area contributed by atoms with Crippen LogP contribution in [-0.2, 0) is 0 Å². The molecular formula is C13H21NO2. The van der Waals surface area contributed by atoms with Crippen LogP contribution in [-0.4, -0.2) is 22.4 Å². The Morgan fingerprint density at radius 2 is 1.94 bits per heavy atom. The number of rotatable bonds is 4. The first-order chi connectivity index (χ1) is 7.41. The third-order valence-electron chi connectivity index (χ3n) is 2.99. The second kappa shape index (κ2) is 5.32. The van der Waals surface area contributed by atoms with E-state index in [1.807, 2.05) is 13.0 Å². The van der Waals surface area contributed by atoms with E-state index in [4.69, 9.17) is 5.73 Å². The van der Waals surface area contributed by atoms with Crippen molar-refractivity contribution in [3.63, 3.8) is 0 Å². The number of aryl methyl sites for hydroxylation is 1. The molecule has 0 fully saturated rings. The van der Waals surface area contributed by atoms with E-state index in [2.05, 4.69) is 6.92 Å². The van der Waals surface area contributed by atoms with Crippen molar-refractivity contribution in [2.45, 2.75) is 45.3 Å². The van der Waals surface area contributed by atoms with E-state index in [1.165, 1.54) is 0 Å². The molecule has 90 valence electrons. The van der Waals surface area contributed by atoms with E-state index in [0.29, 0.717) is 6.42 Å². The maximum Gasteiger partial charge on any atom is 0.115 e. The van der Waals surface area contributed by atoms with Crippen molar-refractivity contribution in [1.82, 2.24) is 0 Å². The first kappa shape index (κ1) is 13.0. The van der Waals surface area contributed by atoms with Gasteiger partial charge in [-0.2, -0.15) is 0 Å². The van der Waals surface area contributed by atoms with Crippen LogP contribution in [0.15, 0.2) is 18.2 Å². The van der Waals surface area contributed by atoms with E-state index in [0.717, 1.165) is 11.1 Å². The standard InChI is InChI=1S/C13H21NO2/c1-8-6-11(15)4-5-12(8)9(2)7-13(16)10(3)14/h4-6,9-10,13,15-16H,7,14H2,1-3H3. The number of nitrogens with two attached hydrogens (primary N) is 1. The number of hydrogen-bond acceptors (Lipinski definition) is 3. The highest BCUT2D eigenvalue weighted by molar-refractivity contribution is 5.35. The monoisotopic (exact) mass is 223 g/mol. The van der Waals surface area contributed by atoms with Crippen molar-refractivity contribution in [3.8, 4) is 5.75 Å². The Hall–Kier alpha value is -1.06. The van der Waals surface area contributed by atoms with Gasteiger partial charge in [0.1, 0.15) is 5.75 Å². The summed E-state index contributed by atoms with van der Waals surface area (Å²) in [5.41, 5.74) is 7.83. The van der Waals surface area contributed by atoms with Crippen LogP contribution in [0, 0.1) is 6.92 Å². The number of aliphatic hydroxyl groups is 1. The third kappa shape index (κ3) is 3.22. The molecule has 0 saturated heterocycles. The second-order valence-electron chi connectivity index (χ2n) is 4.60. The Morgan fingerprint density at radius 3 is 2.44 bits per heavy atom. The summed E-state index contributed by atoms with van der Waals surface area (Å²) >= 11 is 0. The summed E-state index contributed by atoms with van der Waals surface area (Å²) in [6.07, 6.45) is 0.159. The Labute approximate surface area is 96.9 Å². The summed E-state index contributed by atoms with van der Waals surface area (Å²) in [6.45, 7) is 5.83. The van der Waals surface area contributed by atoms with Crippen molar-refractivity contribution < 1.29 is 10.2 Å². The van der Waals surface area contributed by atoms with Gasteiger partial charge >= 0.3 is 0 Å². The zero-order valence-electron chi connectivity index (χ0n) is 10.1. The molecule has 1 aromatic rings. The topological polar surface area (TPSA) is 66.5 Å². The van der Waals surface area contributed by atoms with Crippen LogP contribution in [0.5, 0.6) is 5.75 Å². The minimum absolute atomic E-state index is 0.208. The second-order valence-corrected chi connectivity index (χ2v) is 4.60. The minimum atomic E-state index is -0.483. The van der Waals surface area contributed by atoms with E-state index in [1.54, 1.807) is 19.1 Å². The average Bonchev–Trinajstić information content (AvgIpc) is 2.16. The number of aromatic hydroxyl groups is 1. The Bertz CT molecular complexity index is 350. The van der Waals surface area contributed by atoms with Crippen LogP contribution in [0.2, 0.25) is 0 Å². The number of phenols is 1. The van der Waals surface area contributed by atoms with Crippen LogP contribution in [0.4, 0.5) is 0 Å². The Morgan fingerprint density at radius 1 is 1.31 bits per heavy atom. The molecule has 3 nitrogen and oxygen atoms in total.